The first-order chi connectivity index (χ1) is 10.8. The van der Waals surface area contributed by atoms with Gasteiger partial charge >= 0.3 is 5.97 Å². The van der Waals surface area contributed by atoms with E-state index >= 15 is 0 Å². The van der Waals surface area contributed by atoms with Crippen LogP contribution in [-0.2, 0) is 0 Å². The number of rotatable bonds is 5. The first kappa shape index (κ1) is 16.8. The van der Waals surface area contributed by atoms with Crippen LogP contribution in [0.5, 0.6) is 5.75 Å². The molecule has 3 nitrogen and oxygen atoms in total. The van der Waals surface area contributed by atoms with Gasteiger partial charge in [0, 0.05) is 22.3 Å². The fraction of sp³-hybridized carbons (Fsp3) is 0.188. The Labute approximate surface area is 129 Å². The van der Waals surface area contributed by atoms with E-state index in [9.17, 15) is 27.5 Å². The highest BCUT2D eigenvalue weighted by atomic mass is 19.3. The van der Waals surface area contributed by atoms with E-state index < -0.39 is 24.4 Å². The second-order valence-electron chi connectivity index (χ2n) is 4.67. The summed E-state index contributed by atoms with van der Waals surface area (Å²) in [4.78, 5) is 11.3. The fourth-order valence-electron chi connectivity index (χ4n) is 2.18. The molecule has 0 aliphatic carbocycles. The number of aromatic carboxylic acids is 1. The summed E-state index contributed by atoms with van der Waals surface area (Å²) in [7, 11) is 1.28. The summed E-state index contributed by atoms with van der Waals surface area (Å²) in [5, 5.41) is 9.22. The molecule has 7 heteroatoms. The molecule has 0 unspecified atom stereocenters. The van der Waals surface area contributed by atoms with Crippen molar-refractivity contribution in [2.75, 3.05) is 7.11 Å². The number of carbonyl (C=O) groups is 1. The lowest BCUT2D eigenvalue weighted by molar-refractivity contribution is 0.0697. The molecule has 0 saturated heterocycles. The van der Waals surface area contributed by atoms with Crippen LogP contribution in [0.3, 0.4) is 0 Å². The van der Waals surface area contributed by atoms with Crippen molar-refractivity contribution in [3.63, 3.8) is 0 Å². The molecule has 0 aliphatic rings. The van der Waals surface area contributed by atoms with Crippen LogP contribution >= 0.6 is 0 Å². The Kier molecular flexibility index (Phi) is 4.88. The van der Waals surface area contributed by atoms with Gasteiger partial charge in [0.05, 0.1) is 12.7 Å². The van der Waals surface area contributed by atoms with Gasteiger partial charge in [-0.25, -0.2) is 22.4 Å². The van der Waals surface area contributed by atoms with Gasteiger partial charge in [-0.2, -0.15) is 0 Å². The van der Waals surface area contributed by atoms with E-state index in [2.05, 4.69) is 0 Å². The molecule has 0 fully saturated rings. The van der Waals surface area contributed by atoms with Crippen LogP contribution < -0.4 is 4.74 Å². The Morgan fingerprint density at radius 3 is 1.96 bits per heavy atom. The Hall–Kier alpha value is -2.57. The lowest BCUT2D eigenvalue weighted by Crippen LogP contribution is -2.02. The quantitative estimate of drug-likeness (QED) is 0.791. The Morgan fingerprint density at radius 1 is 0.957 bits per heavy atom. The molecule has 0 aromatic heterocycles. The topological polar surface area (TPSA) is 46.5 Å². The zero-order valence-corrected chi connectivity index (χ0v) is 11.9. The van der Waals surface area contributed by atoms with Crippen molar-refractivity contribution in [2.24, 2.45) is 0 Å². The predicted molar refractivity (Wildman–Crippen MR) is 75.3 cm³/mol. The largest absolute Gasteiger partial charge is 0.496 e. The van der Waals surface area contributed by atoms with Gasteiger partial charge in [0.25, 0.3) is 12.9 Å². The summed E-state index contributed by atoms with van der Waals surface area (Å²) in [6, 6.07) is 6.40. The van der Waals surface area contributed by atoms with Crippen LogP contribution in [0.15, 0.2) is 36.4 Å². The summed E-state index contributed by atoms with van der Waals surface area (Å²) in [6.07, 6.45) is -5.60. The summed E-state index contributed by atoms with van der Waals surface area (Å²) in [5.41, 5.74) is -1.13. The lowest BCUT2D eigenvalue weighted by atomic mass is 9.95. The maximum absolute atomic E-state index is 12.9. The molecule has 1 N–H and O–H groups in total. The highest BCUT2D eigenvalue weighted by molar-refractivity contribution is 5.97. The van der Waals surface area contributed by atoms with Gasteiger partial charge < -0.3 is 9.84 Å². The molecule has 122 valence electrons. The molecule has 0 amide bonds. The standard InChI is InChI=1S/C16H12F4O3/c1-23-13-5-3-9(15(19)20)7-12(13)11-6-8(14(17)18)2-4-10(11)16(21)22/h2-7,14-15H,1H3,(H,21,22). The zero-order chi connectivity index (χ0) is 17.1. The van der Waals surface area contributed by atoms with Crippen LogP contribution in [0.25, 0.3) is 11.1 Å². The smallest absolute Gasteiger partial charge is 0.336 e. The number of benzene rings is 2. The Bertz CT molecular complexity index is 729. The van der Waals surface area contributed by atoms with Crippen molar-refractivity contribution >= 4 is 5.97 Å². The SMILES string of the molecule is COc1ccc(C(F)F)cc1-c1cc(C(F)F)ccc1C(=O)O. The van der Waals surface area contributed by atoms with E-state index in [1.54, 1.807) is 0 Å². The Morgan fingerprint density at radius 2 is 1.48 bits per heavy atom. The number of hydrogen-bond acceptors (Lipinski definition) is 2. The lowest BCUT2D eigenvalue weighted by Gasteiger charge is -2.14. The highest BCUT2D eigenvalue weighted by Gasteiger charge is 2.20. The van der Waals surface area contributed by atoms with E-state index in [-0.39, 0.29) is 28.0 Å². The minimum atomic E-state index is -2.82. The van der Waals surface area contributed by atoms with Crippen LogP contribution in [-0.4, -0.2) is 18.2 Å². The van der Waals surface area contributed by atoms with Crippen molar-refractivity contribution in [3.05, 3.63) is 53.1 Å². The molecule has 0 aliphatic heterocycles. The molecule has 0 heterocycles. The van der Waals surface area contributed by atoms with Crippen molar-refractivity contribution in [2.45, 2.75) is 12.9 Å². The predicted octanol–water partition coefficient (Wildman–Crippen LogP) is 4.94. The monoisotopic (exact) mass is 328 g/mol. The van der Waals surface area contributed by atoms with Crippen LogP contribution in [0.1, 0.15) is 34.3 Å². The highest BCUT2D eigenvalue weighted by Crippen LogP contribution is 2.37. The fourth-order valence-corrected chi connectivity index (χ4v) is 2.18. The number of methoxy groups -OCH3 is 1. The molecule has 2 aromatic carbocycles. The normalized spacial score (nSPS) is 11.1. The summed E-state index contributed by atoms with van der Waals surface area (Å²) in [5.74, 6) is -1.24. The molecule has 0 radical (unpaired) electrons. The van der Waals surface area contributed by atoms with Crippen molar-refractivity contribution in [1.29, 1.82) is 0 Å². The number of halogens is 4. The van der Waals surface area contributed by atoms with Gasteiger partial charge in [0.15, 0.2) is 0 Å². The third-order valence-electron chi connectivity index (χ3n) is 3.29. The molecular weight excluding hydrogens is 316 g/mol. The third-order valence-corrected chi connectivity index (χ3v) is 3.29. The van der Waals surface area contributed by atoms with E-state index in [1.165, 1.54) is 13.2 Å². The molecule has 0 bridgehead atoms. The van der Waals surface area contributed by atoms with E-state index in [0.717, 1.165) is 30.3 Å². The average molecular weight is 328 g/mol. The Balaban J connectivity index is 2.74. The number of ether oxygens (including phenoxy) is 1. The molecule has 0 spiro atoms. The van der Waals surface area contributed by atoms with Gasteiger partial charge in [-0.05, 0) is 30.3 Å². The van der Waals surface area contributed by atoms with Gasteiger partial charge in [-0.15, -0.1) is 0 Å². The molecule has 0 atom stereocenters. The van der Waals surface area contributed by atoms with E-state index in [4.69, 9.17) is 4.74 Å². The maximum atomic E-state index is 12.9. The molecule has 2 rings (SSSR count). The molecule has 2 aromatic rings. The number of hydrogen-bond donors (Lipinski definition) is 1. The van der Waals surface area contributed by atoms with Gasteiger partial charge in [0.1, 0.15) is 5.75 Å². The third kappa shape index (κ3) is 3.44. The van der Waals surface area contributed by atoms with Crippen molar-refractivity contribution in [3.8, 4) is 16.9 Å². The van der Waals surface area contributed by atoms with Gasteiger partial charge in [0.2, 0.25) is 0 Å². The van der Waals surface area contributed by atoms with Crippen molar-refractivity contribution < 1.29 is 32.2 Å². The number of alkyl halides is 4. The first-order valence-corrected chi connectivity index (χ1v) is 6.47. The van der Waals surface area contributed by atoms with E-state index in [1.807, 2.05) is 0 Å². The molecule has 0 saturated carbocycles. The first-order valence-electron chi connectivity index (χ1n) is 6.47. The van der Waals surface area contributed by atoms with Crippen LogP contribution in [0, 0.1) is 0 Å². The minimum absolute atomic E-state index is 0.0187. The van der Waals surface area contributed by atoms with Gasteiger partial charge in [-0.1, -0.05) is 6.07 Å². The second-order valence-corrected chi connectivity index (χ2v) is 4.67. The molecule has 23 heavy (non-hydrogen) atoms. The zero-order valence-electron chi connectivity index (χ0n) is 11.9. The van der Waals surface area contributed by atoms with Crippen molar-refractivity contribution in [1.82, 2.24) is 0 Å². The van der Waals surface area contributed by atoms with Gasteiger partial charge in [-0.3, -0.25) is 0 Å². The minimum Gasteiger partial charge on any atom is -0.496 e. The molecular formula is C16H12F4O3. The summed E-state index contributed by atoms with van der Waals surface area (Å²) in [6.45, 7) is 0. The maximum Gasteiger partial charge on any atom is 0.336 e. The van der Waals surface area contributed by atoms with Crippen LogP contribution in [0.4, 0.5) is 17.6 Å². The second kappa shape index (κ2) is 6.68. The summed E-state index contributed by atoms with van der Waals surface area (Å²) < 4.78 is 56.6. The summed E-state index contributed by atoms with van der Waals surface area (Å²) >= 11 is 0. The average Bonchev–Trinajstić information content (AvgIpc) is 2.53. The number of carboxylic acid groups (broad SMARTS) is 1. The van der Waals surface area contributed by atoms with E-state index in [0.29, 0.717) is 0 Å². The number of carboxylic acids is 1. The van der Waals surface area contributed by atoms with Crippen LogP contribution in [0.2, 0.25) is 0 Å².